The summed E-state index contributed by atoms with van der Waals surface area (Å²) in [4.78, 5) is 13.0. The summed E-state index contributed by atoms with van der Waals surface area (Å²) in [7, 11) is 3.22. The van der Waals surface area contributed by atoms with E-state index in [4.69, 9.17) is 9.47 Å². The number of carbonyl (C=O) groups excluding carboxylic acids is 1. The summed E-state index contributed by atoms with van der Waals surface area (Å²) in [5, 5.41) is 4.92. The van der Waals surface area contributed by atoms with Crippen LogP contribution in [0.5, 0.6) is 11.5 Å². The second-order valence-electron chi connectivity index (χ2n) is 4.74. The van der Waals surface area contributed by atoms with Gasteiger partial charge in [-0.2, -0.15) is 0 Å². The van der Waals surface area contributed by atoms with E-state index in [-0.39, 0.29) is 11.9 Å². The monoisotopic (exact) mass is 305 g/mol. The average Bonchev–Trinajstić information content (AvgIpc) is 2.92. The number of benzene rings is 1. The van der Waals surface area contributed by atoms with Crippen LogP contribution in [0.1, 0.15) is 33.8 Å². The molecule has 0 spiro atoms. The van der Waals surface area contributed by atoms with Crippen molar-refractivity contribution < 1.29 is 14.3 Å². The molecular formula is C16H19NO3S. The van der Waals surface area contributed by atoms with E-state index in [1.807, 2.05) is 43.5 Å². The highest BCUT2D eigenvalue weighted by atomic mass is 32.1. The van der Waals surface area contributed by atoms with E-state index in [1.165, 1.54) is 11.3 Å². The summed E-state index contributed by atoms with van der Waals surface area (Å²) < 4.78 is 10.6. The molecule has 0 saturated carbocycles. The van der Waals surface area contributed by atoms with Crippen molar-refractivity contribution >= 4 is 17.2 Å². The first-order chi connectivity index (χ1) is 10.1. The van der Waals surface area contributed by atoms with Crippen LogP contribution >= 0.6 is 11.3 Å². The molecule has 1 unspecified atom stereocenters. The predicted octanol–water partition coefficient (Wildman–Crippen LogP) is 3.56. The van der Waals surface area contributed by atoms with E-state index in [9.17, 15) is 4.79 Å². The molecule has 0 fully saturated rings. The van der Waals surface area contributed by atoms with Crippen molar-refractivity contribution in [1.82, 2.24) is 5.32 Å². The third-order valence-corrected chi connectivity index (χ3v) is 4.34. The zero-order valence-corrected chi connectivity index (χ0v) is 13.4. The number of methoxy groups -OCH3 is 2. The Morgan fingerprint density at radius 2 is 2.00 bits per heavy atom. The van der Waals surface area contributed by atoms with Crippen LogP contribution in [0.3, 0.4) is 0 Å². The van der Waals surface area contributed by atoms with Crippen molar-refractivity contribution in [1.29, 1.82) is 0 Å². The first-order valence-electron chi connectivity index (χ1n) is 6.63. The SMILES string of the molecule is COc1ccc(C(C)NC(=O)c2sccc2C)c(OC)c1. The van der Waals surface area contributed by atoms with Crippen LogP contribution in [0.4, 0.5) is 0 Å². The van der Waals surface area contributed by atoms with Crippen LogP contribution in [0.15, 0.2) is 29.6 Å². The number of carbonyl (C=O) groups is 1. The molecule has 0 saturated heterocycles. The fourth-order valence-electron chi connectivity index (χ4n) is 2.12. The van der Waals surface area contributed by atoms with Gasteiger partial charge in [0, 0.05) is 11.6 Å². The molecule has 1 aromatic carbocycles. The number of hydrogen-bond donors (Lipinski definition) is 1. The lowest BCUT2D eigenvalue weighted by atomic mass is 10.1. The second kappa shape index (κ2) is 6.63. The lowest BCUT2D eigenvalue weighted by molar-refractivity contribution is 0.0943. The van der Waals surface area contributed by atoms with E-state index in [0.29, 0.717) is 5.75 Å². The molecule has 0 aliphatic carbocycles. The number of rotatable bonds is 5. The minimum atomic E-state index is -0.153. The largest absolute Gasteiger partial charge is 0.497 e. The Hall–Kier alpha value is -2.01. The van der Waals surface area contributed by atoms with Crippen molar-refractivity contribution in [3.8, 4) is 11.5 Å². The Bertz CT molecular complexity index is 636. The molecule has 112 valence electrons. The lowest BCUT2D eigenvalue weighted by Gasteiger charge is -2.18. The van der Waals surface area contributed by atoms with Crippen molar-refractivity contribution in [3.63, 3.8) is 0 Å². The van der Waals surface area contributed by atoms with Crippen LogP contribution in [0.2, 0.25) is 0 Å². The number of aryl methyl sites for hydroxylation is 1. The van der Waals surface area contributed by atoms with Gasteiger partial charge >= 0.3 is 0 Å². The lowest BCUT2D eigenvalue weighted by Crippen LogP contribution is -2.26. The van der Waals surface area contributed by atoms with Gasteiger partial charge in [-0.15, -0.1) is 11.3 Å². The van der Waals surface area contributed by atoms with Crippen molar-refractivity contribution in [2.75, 3.05) is 14.2 Å². The fraction of sp³-hybridized carbons (Fsp3) is 0.312. The van der Waals surface area contributed by atoms with Gasteiger partial charge < -0.3 is 14.8 Å². The van der Waals surface area contributed by atoms with Gasteiger partial charge in [0.2, 0.25) is 0 Å². The normalized spacial score (nSPS) is 11.8. The van der Waals surface area contributed by atoms with E-state index >= 15 is 0 Å². The Balaban J connectivity index is 2.18. The molecule has 0 bridgehead atoms. The molecule has 0 aliphatic rings. The van der Waals surface area contributed by atoms with Crippen LogP contribution in [-0.4, -0.2) is 20.1 Å². The number of nitrogens with one attached hydrogen (secondary N) is 1. The molecule has 2 aromatic rings. The highest BCUT2D eigenvalue weighted by Crippen LogP contribution is 2.29. The average molecular weight is 305 g/mol. The van der Waals surface area contributed by atoms with Gasteiger partial charge in [0.1, 0.15) is 11.5 Å². The van der Waals surface area contributed by atoms with Gasteiger partial charge in [-0.25, -0.2) is 0 Å². The number of amides is 1. The number of hydrogen-bond acceptors (Lipinski definition) is 4. The highest BCUT2D eigenvalue weighted by molar-refractivity contribution is 7.12. The second-order valence-corrected chi connectivity index (χ2v) is 5.65. The molecule has 1 amide bonds. The molecule has 1 N–H and O–H groups in total. The third kappa shape index (κ3) is 3.36. The molecule has 4 nitrogen and oxygen atoms in total. The summed E-state index contributed by atoms with van der Waals surface area (Å²) in [6, 6.07) is 7.37. The van der Waals surface area contributed by atoms with Gasteiger partial charge in [-0.3, -0.25) is 4.79 Å². The Morgan fingerprint density at radius 1 is 1.24 bits per heavy atom. The summed E-state index contributed by atoms with van der Waals surface area (Å²) in [5.74, 6) is 1.36. The van der Waals surface area contributed by atoms with Crippen molar-refractivity contribution in [2.45, 2.75) is 19.9 Å². The van der Waals surface area contributed by atoms with E-state index in [0.717, 1.165) is 21.8 Å². The van der Waals surface area contributed by atoms with Gasteiger partial charge in [0.15, 0.2) is 0 Å². The Kier molecular flexibility index (Phi) is 4.85. The Labute approximate surface area is 128 Å². The third-order valence-electron chi connectivity index (χ3n) is 3.32. The van der Waals surface area contributed by atoms with Gasteiger partial charge in [-0.1, -0.05) is 0 Å². The maximum Gasteiger partial charge on any atom is 0.262 e. The molecule has 2 rings (SSSR count). The maximum atomic E-state index is 12.3. The minimum absolute atomic E-state index is 0.0622. The Morgan fingerprint density at radius 3 is 2.57 bits per heavy atom. The summed E-state index contributed by atoms with van der Waals surface area (Å²) in [5.41, 5.74) is 1.91. The highest BCUT2D eigenvalue weighted by Gasteiger charge is 2.17. The molecule has 21 heavy (non-hydrogen) atoms. The minimum Gasteiger partial charge on any atom is -0.497 e. The summed E-state index contributed by atoms with van der Waals surface area (Å²) in [6.07, 6.45) is 0. The molecular weight excluding hydrogens is 286 g/mol. The quantitative estimate of drug-likeness (QED) is 0.918. The topological polar surface area (TPSA) is 47.6 Å². The van der Waals surface area contributed by atoms with Crippen LogP contribution < -0.4 is 14.8 Å². The van der Waals surface area contributed by atoms with Gasteiger partial charge in [-0.05, 0) is 43.0 Å². The van der Waals surface area contributed by atoms with Crippen molar-refractivity contribution in [2.24, 2.45) is 0 Å². The number of thiophene rings is 1. The molecule has 1 atom stereocenters. The first-order valence-corrected chi connectivity index (χ1v) is 7.51. The van der Waals surface area contributed by atoms with E-state index < -0.39 is 0 Å². The molecule has 0 aliphatic heterocycles. The molecule has 5 heteroatoms. The van der Waals surface area contributed by atoms with Crippen molar-refractivity contribution in [3.05, 3.63) is 45.6 Å². The fourth-order valence-corrected chi connectivity index (χ4v) is 2.95. The zero-order chi connectivity index (χ0) is 15.4. The molecule has 1 heterocycles. The van der Waals surface area contributed by atoms with Gasteiger partial charge in [0.25, 0.3) is 5.91 Å². The predicted molar refractivity (Wildman–Crippen MR) is 84.5 cm³/mol. The van der Waals surface area contributed by atoms with Crippen LogP contribution in [0, 0.1) is 6.92 Å². The van der Waals surface area contributed by atoms with E-state index in [1.54, 1.807) is 14.2 Å². The standard InChI is InChI=1S/C16H19NO3S/c1-10-7-8-21-15(10)16(18)17-11(2)13-6-5-12(19-3)9-14(13)20-4/h5-9,11H,1-4H3,(H,17,18). The molecule has 1 aromatic heterocycles. The maximum absolute atomic E-state index is 12.3. The smallest absolute Gasteiger partial charge is 0.262 e. The van der Waals surface area contributed by atoms with Gasteiger partial charge in [0.05, 0.1) is 25.1 Å². The zero-order valence-electron chi connectivity index (χ0n) is 12.6. The summed E-state index contributed by atoms with van der Waals surface area (Å²) in [6.45, 7) is 3.87. The first kappa shape index (κ1) is 15.4. The number of ether oxygens (including phenoxy) is 2. The molecule has 0 radical (unpaired) electrons. The van der Waals surface area contributed by atoms with Crippen LogP contribution in [-0.2, 0) is 0 Å². The van der Waals surface area contributed by atoms with E-state index in [2.05, 4.69) is 5.32 Å². The summed E-state index contributed by atoms with van der Waals surface area (Å²) >= 11 is 1.45. The van der Waals surface area contributed by atoms with Crippen LogP contribution in [0.25, 0.3) is 0 Å².